The molecule has 0 radical (unpaired) electrons. The van der Waals surface area contributed by atoms with Crippen LogP contribution < -0.4 is 16.7 Å². The molecule has 0 aromatic carbocycles. The fourth-order valence-corrected chi connectivity index (χ4v) is 2.45. The van der Waals surface area contributed by atoms with E-state index in [1.54, 1.807) is 0 Å². The first kappa shape index (κ1) is 18.1. The van der Waals surface area contributed by atoms with Crippen molar-refractivity contribution in [2.24, 2.45) is 25.1 Å². The molecule has 1 heterocycles. The lowest BCUT2D eigenvalue weighted by molar-refractivity contribution is -0.118. The molecule has 9 heteroatoms. The van der Waals surface area contributed by atoms with Gasteiger partial charge < -0.3 is 0 Å². The quantitative estimate of drug-likeness (QED) is 0.454. The first-order valence-electron chi connectivity index (χ1n) is 6.90. The maximum atomic E-state index is 11.9. The number of carbonyl (C=O) groups is 1. The number of hydrogen-bond acceptors (Lipinski definition) is 6. The zero-order valence-electron chi connectivity index (χ0n) is 13.4. The SMILES string of the molecule is CC/C(=N/NC(=O)CSc1nn(C)c(=O)n(C)c1=O)C(C)C. The Bertz CT molecular complexity index is 690. The molecule has 0 aliphatic rings. The van der Waals surface area contributed by atoms with Crippen LogP contribution in [0.25, 0.3) is 0 Å². The van der Waals surface area contributed by atoms with Gasteiger partial charge in [0.2, 0.25) is 5.91 Å². The third kappa shape index (κ3) is 4.55. The molecule has 0 aliphatic carbocycles. The predicted molar refractivity (Wildman–Crippen MR) is 86.1 cm³/mol. The van der Waals surface area contributed by atoms with Crippen LogP contribution in [0.5, 0.6) is 0 Å². The van der Waals surface area contributed by atoms with Gasteiger partial charge >= 0.3 is 5.69 Å². The van der Waals surface area contributed by atoms with Crippen molar-refractivity contribution in [1.29, 1.82) is 0 Å². The number of nitrogens with zero attached hydrogens (tertiary/aromatic N) is 4. The lowest BCUT2D eigenvalue weighted by Gasteiger charge is -2.08. The lowest BCUT2D eigenvalue weighted by atomic mass is 10.1. The van der Waals surface area contributed by atoms with Gasteiger partial charge in [0.15, 0.2) is 5.03 Å². The molecule has 1 N–H and O–H groups in total. The second-order valence-corrected chi connectivity index (χ2v) is 5.97. The summed E-state index contributed by atoms with van der Waals surface area (Å²) in [6.07, 6.45) is 0.758. The molecule has 0 saturated carbocycles. The average molecular weight is 327 g/mol. The van der Waals surface area contributed by atoms with Crippen LogP contribution in [0.3, 0.4) is 0 Å². The maximum absolute atomic E-state index is 11.9. The Labute approximate surface area is 132 Å². The normalized spacial score (nSPS) is 11.8. The van der Waals surface area contributed by atoms with E-state index in [-0.39, 0.29) is 22.6 Å². The number of thioether (sulfide) groups is 1. The Morgan fingerprint density at radius 1 is 1.36 bits per heavy atom. The molecule has 0 atom stereocenters. The zero-order chi connectivity index (χ0) is 16.9. The van der Waals surface area contributed by atoms with Gasteiger partial charge in [-0.1, -0.05) is 32.5 Å². The second kappa shape index (κ2) is 7.92. The number of rotatable bonds is 6. The zero-order valence-corrected chi connectivity index (χ0v) is 14.2. The van der Waals surface area contributed by atoms with E-state index < -0.39 is 11.2 Å². The Hall–Kier alpha value is -1.90. The molecule has 0 unspecified atom stereocenters. The highest BCUT2D eigenvalue weighted by Gasteiger charge is 2.11. The van der Waals surface area contributed by atoms with Gasteiger partial charge in [0.25, 0.3) is 5.56 Å². The van der Waals surface area contributed by atoms with E-state index in [1.165, 1.54) is 14.1 Å². The highest BCUT2D eigenvalue weighted by atomic mass is 32.2. The Morgan fingerprint density at radius 3 is 2.55 bits per heavy atom. The molecule has 22 heavy (non-hydrogen) atoms. The molecule has 0 aliphatic heterocycles. The largest absolute Gasteiger partial charge is 0.346 e. The number of amides is 1. The van der Waals surface area contributed by atoms with Gasteiger partial charge in [-0.15, -0.1) is 0 Å². The Kier molecular flexibility index (Phi) is 6.54. The van der Waals surface area contributed by atoms with Crippen molar-refractivity contribution in [2.75, 3.05) is 5.75 Å². The molecule has 1 aromatic heterocycles. The topological polar surface area (TPSA) is 98.3 Å². The second-order valence-electron chi connectivity index (χ2n) is 5.01. The molecule has 0 fully saturated rings. The molecular formula is C13H21N5O3S. The van der Waals surface area contributed by atoms with E-state index in [2.05, 4.69) is 15.6 Å². The van der Waals surface area contributed by atoms with Crippen LogP contribution >= 0.6 is 11.8 Å². The Balaban J connectivity index is 2.74. The first-order chi connectivity index (χ1) is 10.3. The molecule has 0 saturated heterocycles. The van der Waals surface area contributed by atoms with Crippen molar-refractivity contribution in [3.05, 3.63) is 20.8 Å². The fourth-order valence-electron chi connectivity index (χ4n) is 1.68. The van der Waals surface area contributed by atoms with E-state index in [0.29, 0.717) is 0 Å². The van der Waals surface area contributed by atoms with Gasteiger partial charge in [0.05, 0.1) is 5.75 Å². The summed E-state index contributed by atoms with van der Waals surface area (Å²) in [4.78, 5) is 35.1. The third-order valence-corrected chi connectivity index (χ3v) is 3.92. The molecule has 0 bridgehead atoms. The van der Waals surface area contributed by atoms with Crippen molar-refractivity contribution >= 4 is 23.4 Å². The van der Waals surface area contributed by atoms with E-state index in [1.807, 2.05) is 20.8 Å². The molecular weight excluding hydrogens is 306 g/mol. The van der Waals surface area contributed by atoms with Crippen LogP contribution in [0.1, 0.15) is 27.2 Å². The predicted octanol–water partition coefficient (Wildman–Crippen LogP) is 0.109. The van der Waals surface area contributed by atoms with E-state index in [9.17, 15) is 14.4 Å². The Morgan fingerprint density at radius 2 is 2.00 bits per heavy atom. The first-order valence-corrected chi connectivity index (χ1v) is 7.88. The van der Waals surface area contributed by atoms with Gasteiger partial charge in [-0.25, -0.2) is 14.9 Å². The fraction of sp³-hybridized carbons (Fsp3) is 0.615. The van der Waals surface area contributed by atoms with Crippen LogP contribution in [0.4, 0.5) is 0 Å². The number of hydrogen-bond donors (Lipinski definition) is 1. The van der Waals surface area contributed by atoms with Crippen molar-refractivity contribution in [3.63, 3.8) is 0 Å². The highest BCUT2D eigenvalue weighted by Crippen LogP contribution is 2.08. The van der Waals surface area contributed by atoms with Gasteiger partial charge in [0, 0.05) is 19.8 Å². The van der Waals surface area contributed by atoms with Crippen molar-refractivity contribution in [1.82, 2.24) is 19.8 Å². The van der Waals surface area contributed by atoms with Gasteiger partial charge in [-0.3, -0.25) is 14.2 Å². The summed E-state index contributed by atoms with van der Waals surface area (Å²) >= 11 is 0.974. The summed E-state index contributed by atoms with van der Waals surface area (Å²) in [5.41, 5.74) is 2.35. The number of aryl methyl sites for hydroxylation is 1. The molecule has 0 spiro atoms. The van der Waals surface area contributed by atoms with Crippen LogP contribution in [-0.4, -0.2) is 31.7 Å². The highest BCUT2D eigenvalue weighted by molar-refractivity contribution is 7.99. The van der Waals surface area contributed by atoms with Crippen molar-refractivity contribution in [2.45, 2.75) is 32.2 Å². The minimum atomic E-state index is -0.513. The van der Waals surface area contributed by atoms with E-state index in [4.69, 9.17) is 0 Å². The molecule has 1 rings (SSSR count). The van der Waals surface area contributed by atoms with E-state index >= 15 is 0 Å². The number of aromatic nitrogens is 3. The summed E-state index contributed by atoms with van der Waals surface area (Å²) in [5.74, 6) is -0.0659. The molecule has 122 valence electrons. The van der Waals surface area contributed by atoms with Crippen LogP contribution in [-0.2, 0) is 18.9 Å². The minimum absolute atomic E-state index is 0.000959. The summed E-state index contributed by atoms with van der Waals surface area (Å²) in [6, 6.07) is 0. The summed E-state index contributed by atoms with van der Waals surface area (Å²) < 4.78 is 2.02. The summed E-state index contributed by atoms with van der Waals surface area (Å²) in [5, 5.41) is 8.03. The van der Waals surface area contributed by atoms with Crippen LogP contribution in [0.15, 0.2) is 19.7 Å². The number of carbonyl (C=O) groups excluding carboxylic acids is 1. The van der Waals surface area contributed by atoms with Crippen LogP contribution in [0.2, 0.25) is 0 Å². The van der Waals surface area contributed by atoms with E-state index in [0.717, 1.165) is 33.1 Å². The smallest absolute Gasteiger partial charge is 0.272 e. The average Bonchev–Trinajstić information content (AvgIpc) is 2.47. The van der Waals surface area contributed by atoms with Crippen molar-refractivity contribution < 1.29 is 4.79 Å². The maximum Gasteiger partial charge on any atom is 0.346 e. The van der Waals surface area contributed by atoms with Gasteiger partial charge in [-0.2, -0.15) is 10.2 Å². The number of hydrazone groups is 1. The van der Waals surface area contributed by atoms with Crippen LogP contribution in [0, 0.1) is 5.92 Å². The minimum Gasteiger partial charge on any atom is -0.272 e. The standard InChI is InChI=1S/C13H21N5O3S/c1-6-9(8(2)3)14-15-10(19)7-22-11-12(20)17(4)13(21)18(5)16-11/h8H,6-7H2,1-5H3,(H,15,19)/b14-9-. The summed E-state index contributed by atoms with van der Waals surface area (Å²) in [7, 11) is 2.82. The van der Waals surface area contributed by atoms with Gasteiger partial charge in [0.1, 0.15) is 0 Å². The monoisotopic (exact) mass is 327 g/mol. The van der Waals surface area contributed by atoms with Gasteiger partial charge in [-0.05, 0) is 12.3 Å². The molecule has 1 amide bonds. The molecule has 8 nitrogen and oxygen atoms in total. The lowest BCUT2D eigenvalue weighted by Crippen LogP contribution is -2.39. The molecule has 1 aromatic rings. The van der Waals surface area contributed by atoms with Crippen molar-refractivity contribution in [3.8, 4) is 0 Å². The summed E-state index contributed by atoms with van der Waals surface area (Å²) in [6.45, 7) is 5.97. The number of nitrogens with one attached hydrogen (secondary N) is 1. The third-order valence-electron chi connectivity index (χ3n) is 2.99.